The molecule has 0 heterocycles. The van der Waals surface area contributed by atoms with Gasteiger partial charge in [-0.1, -0.05) is 72.1 Å². The molecule has 4 N–H and O–H groups in total. The first kappa shape index (κ1) is 34.3. The lowest BCUT2D eigenvalue weighted by Gasteiger charge is -2.62. The van der Waals surface area contributed by atoms with Crippen LogP contribution in [0.15, 0.2) is 48.5 Å². The molecule has 0 radical (unpaired) electrons. The molecule has 0 saturated heterocycles. The number of carbonyl (C=O) groups is 1. The Kier molecular flexibility index (Phi) is 10.3. The van der Waals surface area contributed by atoms with Gasteiger partial charge < -0.3 is 16.2 Å². The number of nitrogens with two attached hydrogens (primary N) is 2. The molecule has 0 aromatic heterocycles. The number of nitrogen functional groups attached to an aromatic ring is 2. The molecule has 6 heteroatoms. The Morgan fingerprint density at radius 2 is 1.57 bits per heavy atom. The Morgan fingerprint density at radius 3 is 2.32 bits per heavy atom. The van der Waals surface area contributed by atoms with Crippen molar-refractivity contribution in [2.24, 2.45) is 52.3 Å². The minimum Gasteiger partial charge on any atom is -0.459 e. The van der Waals surface area contributed by atoms with E-state index in [-0.39, 0.29) is 29.5 Å². The van der Waals surface area contributed by atoms with E-state index in [2.05, 4.69) is 34.6 Å². The van der Waals surface area contributed by atoms with Crippen LogP contribution >= 0.6 is 0 Å². The minimum absolute atomic E-state index is 0.0407. The molecule has 258 valence electrons. The van der Waals surface area contributed by atoms with Gasteiger partial charge in [-0.15, -0.1) is 0 Å². The van der Waals surface area contributed by atoms with Crippen LogP contribution in [0.25, 0.3) is 0 Å². The van der Waals surface area contributed by atoms with E-state index in [9.17, 15) is 4.79 Å². The molecular formula is C41H60N2O4. The number of carbonyl (C=O) groups excluding carboxylic acids is 1. The first-order valence-corrected chi connectivity index (χ1v) is 18.7. The van der Waals surface area contributed by atoms with E-state index >= 15 is 0 Å². The van der Waals surface area contributed by atoms with Gasteiger partial charge in [-0.3, -0.25) is 0 Å². The largest absolute Gasteiger partial charge is 0.459 e. The molecule has 2 aromatic carbocycles. The molecule has 0 bridgehead atoms. The van der Waals surface area contributed by atoms with E-state index in [4.69, 9.17) is 26.0 Å². The number of anilines is 2. The third kappa shape index (κ3) is 7.11. The molecule has 4 aliphatic rings. The van der Waals surface area contributed by atoms with Gasteiger partial charge in [0.15, 0.2) is 0 Å². The fourth-order valence-electron chi connectivity index (χ4n) is 11.2. The second-order valence-electron chi connectivity index (χ2n) is 16.8. The smallest absolute Gasteiger partial charge is 0.338 e. The van der Waals surface area contributed by atoms with Crippen LogP contribution in [0.5, 0.6) is 0 Å². The first-order valence-electron chi connectivity index (χ1n) is 18.7. The second kappa shape index (κ2) is 14.1. The Balaban J connectivity index is 1.20. The Hall–Kier alpha value is -2.57. The van der Waals surface area contributed by atoms with Gasteiger partial charge in [0, 0.05) is 11.4 Å². The van der Waals surface area contributed by atoms with E-state index in [1.54, 1.807) is 18.2 Å². The fourth-order valence-corrected chi connectivity index (χ4v) is 11.2. The van der Waals surface area contributed by atoms with Crippen LogP contribution in [0.4, 0.5) is 11.4 Å². The van der Waals surface area contributed by atoms with E-state index in [0.29, 0.717) is 35.1 Å². The summed E-state index contributed by atoms with van der Waals surface area (Å²) in [4.78, 5) is 25.7. The predicted octanol–water partition coefficient (Wildman–Crippen LogP) is 9.62. The normalized spacial score (nSPS) is 35.5. The molecular weight excluding hydrogens is 584 g/mol. The molecule has 4 fully saturated rings. The molecule has 0 spiro atoms. The summed E-state index contributed by atoms with van der Waals surface area (Å²) in [5.41, 5.74) is 15.4. The van der Waals surface area contributed by atoms with Crippen molar-refractivity contribution in [1.29, 1.82) is 0 Å². The van der Waals surface area contributed by atoms with Gasteiger partial charge in [0.05, 0.1) is 11.7 Å². The molecule has 10 atom stereocenters. The monoisotopic (exact) mass is 644 g/mol. The molecule has 0 amide bonds. The van der Waals surface area contributed by atoms with Crippen LogP contribution in [-0.4, -0.2) is 18.2 Å². The topological polar surface area (TPSA) is 96.8 Å². The maximum Gasteiger partial charge on any atom is 0.338 e. The summed E-state index contributed by atoms with van der Waals surface area (Å²) in [7, 11) is 0. The van der Waals surface area contributed by atoms with Gasteiger partial charge in [-0.05, 0) is 140 Å². The summed E-state index contributed by atoms with van der Waals surface area (Å²) in [6, 6.07) is 14.9. The van der Waals surface area contributed by atoms with Gasteiger partial charge in [-0.25, -0.2) is 14.6 Å². The van der Waals surface area contributed by atoms with Crippen molar-refractivity contribution in [2.75, 3.05) is 11.5 Å². The first-order chi connectivity index (χ1) is 22.5. The number of benzene rings is 2. The van der Waals surface area contributed by atoms with Crippen LogP contribution in [0.3, 0.4) is 0 Å². The zero-order valence-corrected chi connectivity index (χ0v) is 29.6. The zero-order chi connectivity index (χ0) is 33.3. The third-order valence-electron chi connectivity index (χ3n) is 13.6. The van der Waals surface area contributed by atoms with Gasteiger partial charge in [0.2, 0.25) is 0 Å². The molecule has 0 aliphatic heterocycles. The van der Waals surface area contributed by atoms with Crippen molar-refractivity contribution < 1.29 is 19.3 Å². The molecule has 2 aromatic rings. The highest BCUT2D eigenvalue weighted by atomic mass is 17.2. The minimum atomic E-state index is -0.289. The second-order valence-corrected chi connectivity index (χ2v) is 16.8. The lowest BCUT2D eigenvalue weighted by molar-refractivity contribution is -0.365. The number of hydrogen-bond donors (Lipinski definition) is 2. The highest BCUT2D eigenvalue weighted by Gasteiger charge is 2.63. The lowest BCUT2D eigenvalue weighted by atomic mass is 9.43. The number of fused-ring (bicyclic) bond motifs is 5. The Bertz CT molecular complexity index is 1380. The average molecular weight is 645 g/mol. The van der Waals surface area contributed by atoms with Gasteiger partial charge >= 0.3 is 5.97 Å². The van der Waals surface area contributed by atoms with E-state index in [1.165, 1.54) is 44.9 Å². The van der Waals surface area contributed by atoms with Crippen LogP contribution in [0, 0.1) is 52.3 Å². The van der Waals surface area contributed by atoms with Crippen molar-refractivity contribution in [2.45, 2.75) is 124 Å². The Labute approximate surface area is 283 Å². The van der Waals surface area contributed by atoms with Crippen LogP contribution in [0.2, 0.25) is 0 Å². The van der Waals surface area contributed by atoms with Crippen LogP contribution in [0.1, 0.15) is 121 Å². The third-order valence-corrected chi connectivity index (χ3v) is 13.6. The van der Waals surface area contributed by atoms with Crippen molar-refractivity contribution in [3.05, 3.63) is 59.7 Å². The van der Waals surface area contributed by atoms with Crippen molar-refractivity contribution in [3.63, 3.8) is 0 Å². The van der Waals surface area contributed by atoms with E-state index < -0.39 is 0 Å². The molecule has 6 nitrogen and oxygen atoms in total. The quantitative estimate of drug-likeness (QED) is 0.109. The number of hydrogen-bond acceptors (Lipinski definition) is 6. The molecule has 10 unspecified atom stereocenters. The number of rotatable bonds is 11. The standard InChI is InChI=1S/C41H60N2O4/c1-26(2)9-6-10-27(3)34-15-16-35-33-24-38(47-45-25-28-11-7-13-30(42)21-28)37-23-32(46-39(44)29-12-8-14-31(43)22-29)17-19-41(37,5)36(33)18-20-40(34,35)4/h7-8,11-14,21-22,26-27,32-38H,6,9-10,15-20,23-25,42-43H2,1-5H3. The summed E-state index contributed by atoms with van der Waals surface area (Å²) in [6.07, 6.45) is 13.0. The molecule has 4 aliphatic carbocycles. The van der Waals surface area contributed by atoms with Gasteiger partial charge in [0.25, 0.3) is 0 Å². The molecule has 4 saturated carbocycles. The van der Waals surface area contributed by atoms with Crippen molar-refractivity contribution in [3.8, 4) is 0 Å². The zero-order valence-electron chi connectivity index (χ0n) is 29.6. The molecule has 6 rings (SSSR count). The average Bonchev–Trinajstić information content (AvgIpc) is 3.39. The van der Waals surface area contributed by atoms with E-state index in [0.717, 1.165) is 60.6 Å². The van der Waals surface area contributed by atoms with Gasteiger partial charge in [-0.2, -0.15) is 0 Å². The summed E-state index contributed by atoms with van der Waals surface area (Å²) in [6.45, 7) is 12.8. The highest BCUT2D eigenvalue weighted by molar-refractivity contribution is 5.90. The highest BCUT2D eigenvalue weighted by Crippen LogP contribution is 2.68. The van der Waals surface area contributed by atoms with Gasteiger partial charge in [0.1, 0.15) is 12.7 Å². The lowest BCUT2D eigenvalue weighted by Crippen LogP contribution is -2.59. The maximum atomic E-state index is 13.2. The van der Waals surface area contributed by atoms with E-state index in [1.807, 2.05) is 30.3 Å². The van der Waals surface area contributed by atoms with Crippen molar-refractivity contribution in [1.82, 2.24) is 0 Å². The summed E-state index contributed by atoms with van der Waals surface area (Å²) >= 11 is 0. The summed E-state index contributed by atoms with van der Waals surface area (Å²) < 4.78 is 6.17. The fraction of sp³-hybridized carbons (Fsp3) is 0.683. The summed E-state index contributed by atoms with van der Waals surface area (Å²) in [5, 5.41) is 0. The van der Waals surface area contributed by atoms with Crippen LogP contribution < -0.4 is 11.5 Å². The predicted molar refractivity (Wildman–Crippen MR) is 189 cm³/mol. The number of ether oxygens (including phenoxy) is 1. The number of esters is 1. The maximum absolute atomic E-state index is 13.2. The van der Waals surface area contributed by atoms with Crippen molar-refractivity contribution >= 4 is 17.3 Å². The molecule has 47 heavy (non-hydrogen) atoms. The SMILES string of the molecule is CC(C)CCCC(C)C1CCC2C3CC(OOCc4cccc(N)c4)C4CC(OC(=O)c5cccc(N)c5)CCC4(C)C3CCC12C. The van der Waals surface area contributed by atoms with Crippen LogP contribution in [-0.2, 0) is 21.1 Å². The summed E-state index contributed by atoms with van der Waals surface area (Å²) in [5.74, 6) is 4.38. The Morgan fingerprint density at radius 1 is 0.851 bits per heavy atom.